The van der Waals surface area contributed by atoms with Gasteiger partial charge in [-0.15, -0.1) is 0 Å². The van der Waals surface area contributed by atoms with Crippen LogP contribution in [0.2, 0.25) is 0 Å². The summed E-state index contributed by atoms with van der Waals surface area (Å²) in [5.41, 5.74) is 0. The first-order chi connectivity index (χ1) is 40.2. The van der Waals surface area contributed by atoms with Gasteiger partial charge in [0.15, 0.2) is 6.29 Å². The molecule has 7 unspecified atom stereocenters. The Kier molecular flexibility index (Phi) is 56.7. The predicted octanol–water partition coefficient (Wildman–Crippen LogP) is 17.3. The first-order valence-corrected chi connectivity index (χ1v) is 34.6. The van der Waals surface area contributed by atoms with Crippen molar-refractivity contribution in [2.45, 2.75) is 358 Å². The van der Waals surface area contributed by atoms with Crippen LogP contribution in [0.4, 0.5) is 0 Å². The highest BCUT2D eigenvalue weighted by atomic mass is 16.7. The standard InChI is InChI=1S/C71H129NO10/c1-3-5-7-9-11-13-15-17-30-33-37-41-45-49-53-57-64(74)63(62-81-71-70(79)69(78)68(77)65(61-73)82-71)72-66(75)58-54-50-46-42-38-34-31-28-26-24-22-20-19-21-23-25-27-29-32-36-40-44-48-52-56-60-80-67(76)59-55-51-47-43-39-35-18-16-14-12-10-8-6-4-2/h10,12,16,18,20-23,53,57,63-65,68-71,73-74,77-79H,3-9,11,13-15,17,19,24-52,54-56,58-62H2,1-2H3,(H,72,75)/b12-10-,18-16-,22-20-,23-21-,57-53+. The summed E-state index contributed by atoms with van der Waals surface area (Å²) in [6.07, 6.45) is 68.9. The lowest BCUT2D eigenvalue weighted by molar-refractivity contribution is -0.302. The van der Waals surface area contributed by atoms with Crippen LogP contribution < -0.4 is 5.32 Å². The molecule has 1 saturated heterocycles. The molecule has 82 heavy (non-hydrogen) atoms. The average Bonchev–Trinajstić information content (AvgIpc) is 3.50. The number of hydrogen-bond acceptors (Lipinski definition) is 10. The fraction of sp³-hybridized carbons (Fsp3) is 0.831. The average molecular weight is 1160 g/mol. The van der Waals surface area contributed by atoms with Crippen LogP contribution in [0.15, 0.2) is 60.8 Å². The number of nitrogens with one attached hydrogen (secondary N) is 1. The fourth-order valence-corrected chi connectivity index (χ4v) is 10.6. The van der Waals surface area contributed by atoms with Crippen LogP contribution in [-0.2, 0) is 23.8 Å². The zero-order valence-electron chi connectivity index (χ0n) is 52.9. The quantitative estimate of drug-likeness (QED) is 0.0195. The lowest BCUT2D eigenvalue weighted by atomic mass is 9.99. The van der Waals surface area contributed by atoms with E-state index in [1.54, 1.807) is 6.08 Å². The molecular formula is C71H129NO10. The topological polar surface area (TPSA) is 175 Å². The van der Waals surface area contributed by atoms with Crippen molar-refractivity contribution < 1.29 is 49.3 Å². The molecular weight excluding hydrogens is 1030 g/mol. The molecule has 478 valence electrons. The highest BCUT2D eigenvalue weighted by molar-refractivity contribution is 5.76. The molecule has 1 aliphatic heterocycles. The van der Waals surface area contributed by atoms with E-state index >= 15 is 0 Å². The first kappa shape index (κ1) is 77.4. The number of rotatable bonds is 60. The van der Waals surface area contributed by atoms with Crippen LogP contribution in [0, 0.1) is 0 Å². The molecule has 0 spiro atoms. The molecule has 0 aromatic rings. The monoisotopic (exact) mass is 1160 g/mol. The third kappa shape index (κ3) is 48.6. The Morgan fingerprint density at radius 1 is 0.451 bits per heavy atom. The Balaban J connectivity index is 2.05. The number of allylic oxidation sites excluding steroid dienone is 9. The van der Waals surface area contributed by atoms with Crippen molar-refractivity contribution in [2.75, 3.05) is 19.8 Å². The number of hydrogen-bond donors (Lipinski definition) is 6. The summed E-state index contributed by atoms with van der Waals surface area (Å²) in [5.74, 6) is -0.203. The smallest absolute Gasteiger partial charge is 0.305 e. The minimum Gasteiger partial charge on any atom is -0.466 e. The van der Waals surface area contributed by atoms with Gasteiger partial charge in [0.1, 0.15) is 24.4 Å². The summed E-state index contributed by atoms with van der Waals surface area (Å²) in [5, 5.41) is 54.6. The lowest BCUT2D eigenvalue weighted by Crippen LogP contribution is -2.60. The molecule has 7 atom stereocenters. The van der Waals surface area contributed by atoms with E-state index in [-0.39, 0.29) is 18.5 Å². The van der Waals surface area contributed by atoms with Gasteiger partial charge in [0.05, 0.1) is 32.0 Å². The summed E-state index contributed by atoms with van der Waals surface area (Å²) >= 11 is 0. The van der Waals surface area contributed by atoms with Gasteiger partial charge in [-0.3, -0.25) is 9.59 Å². The van der Waals surface area contributed by atoms with Crippen molar-refractivity contribution in [3.05, 3.63) is 60.8 Å². The highest BCUT2D eigenvalue weighted by Crippen LogP contribution is 2.23. The summed E-state index contributed by atoms with van der Waals surface area (Å²) in [7, 11) is 0. The highest BCUT2D eigenvalue weighted by Gasteiger charge is 2.44. The van der Waals surface area contributed by atoms with E-state index in [1.165, 1.54) is 193 Å². The molecule has 6 N–H and O–H groups in total. The Labute approximate surface area is 503 Å². The summed E-state index contributed by atoms with van der Waals surface area (Å²) in [6.45, 7) is 4.31. The Hall–Kier alpha value is -2.64. The molecule has 1 fully saturated rings. The van der Waals surface area contributed by atoms with Gasteiger partial charge in [0.25, 0.3) is 0 Å². The SMILES string of the molecule is CCCC/C=C\C/C=C\CCCCCCCC(=O)OCCCCCCCCCCC/C=C\C/C=C\CCCCCCCCCCCC(=O)NC(COC1OC(CO)C(O)C(O)C1O)C(O)/C=C/CCCCCCCCCCCCCCC. The molecule has 0 aromatic heterocycles. The molecule has 1 rings (SSSR count). The number of esters is 1. The molecule has 0 aliphatic carbocycles. The van der Waals surface area contributed by atoms with E-state index in [0.717, 1.165) is 96.3 Å². The van der Waals surface area contributed by atoms with Gasteiger partial charge >= 0.3 is 5.97 Å². The maximum atomic E-state index is 13.1. The largest absolute Gasteiger partial charge is 0.466 e. The minimum atomic E-state index is -1.57. The maximum Gasteiger partial charge on any atom is 0.305 e. The van der Waals surface area contributed by atoms with E-state index in [1.807, 2.05) is 6.08 Å². The van der Waals surface area contributed by atoms with E-state index in [9.17, 15) is 35.1 Å². The number of carbonyl (C=O) groups is 2. The molecule has 0 bridgehead atoms. The van der Waals surface area contributed by atoms with Crippen molar-refractivity contribution in [1.82, 2.24) is 5.32 Å². The molecule has 11 heteroatoms. The minimum absolute atomic E-state index is 0.0165. The number of ether oxygens (including phenoxy) is 3. The molecule has 1 heterocycles. The fourth-order valence-electron chi connectivity index (χ4n) is 10.6. The van der Waals surface area contributed by atoms with E-state index in [4.69, 9.17) is 14.2 Å². The first-order valence-electron chi connectivity index (χ1n) is 34.6. The molecule has 1 amide bonds. The predicted molar refractivity (Wildman–Crippen MR) is 343 cm³/mol. The molecule has 0 radical (unpaired) electrons. The van der Waals surface area contributed by atoms with Gasteiger partial charge in [-0.2, -0.15) is 0 Å². The summed E-state index contributed by atoms with van der Waals surface area (Å²) < 4.78 is 16.7. The second-order valence-electron chi connectivity index (χ2n) is 23.9. The van der Waals surface area contributed by atoms with Crippen LogP contribution in [0.3, 0.4) is 0 Å². The van der Waals surface area contributed by atoms with Crippen molar-refractivity contribution in [3.8, 4) is 0 Å². The third-order valence-electron chi connectivity index (χ3n) is 16.1. The Morgan fingerprint density at radius 3 is 1.27 bits per heavy atom. The van der Waals surface area contributed by atoms with Crippen LogP contribution in [-0.4, -0.2) is 100 Å². The zero-order valence-corrected chi connectivity index (χ0v) is 52.9. The number of amides is 1. The van der Waals surface area contributed by atoms with Crippen molar-refractivity contribution in [1.29, 1.82) is 0 Å². The number of aliphatic hydroxyl groups excluding tert-OH is 5. The van der Waals surface area contributed by atoms with Gasteiger partial charge in [0.2, 0.25) is 5.91 Å². The Bertz CT molecular complexity index is 1550. The molecule has 1 aliphatic rings. The van der Waals surface area contributed by atoms with Crippen LogP contribution >= 0.6 is 0 Å². The van der Waals surface area contributed by atoms with Gasteiger partial charge in [-0.1, -0.05) is 274 Å². The zero-order chi connectivity index (χ0) is 59.5. The van der Waals surface area contributed by atoms with Crippen molar-refractivity contribution in [2.24, 2.45) is 0 Å². The second kappa shape index (κ2) is 60.1. The lowest BCUT2D eigenvalue weighted by Gasteiger charge is -2.40. The van der Waals surface area contributed by atoms with Crippen LogP contribution in [0.1, 0.15) is 316 Å². The van der Waals surface area contributed by atoms with Gasteiger partial charge in [-0.25, -0.2) is 0 Å². The summed E-state index contributed by atoms with van der Waals surface area (Å²) in [6, 6.07) is -0.816. The van der Waals surface area contributed by atoms with Gasteiger partial charge in [-0.05, 0) is 89.9 Å². The van der Waals surface area contributed by atoms with Gasteiger partial charge < -0.3 is 45.1 Å². The second-order valence-corrected chi connectivity index (χ2v) is 23.9. The van der Waals surface area contributed by atoms with E-state index in [0.29, 0.717) is 19.4 Å². The maximum absolute atomic E-state index is 13.1. The van der Waals surface area contributed by atoms with Crippen LogP contribution in [0.25, 0.3) is 0 Å². The van der Waals surface area contributed by atoms with Crippen molar-refractivity contribution >= 4 is 11.9 Å². The van der Waals surface area contributed by atoms with Crippen molar-refractivity contribution in [3.63, 3.8) is 0 Å². The number of unbranched alkanes of at least 4 members (excludes halogenated alkanes) is 38. The normalized spacial score (nSPS) is 18.5. The third-order valence-corrected chi connectivity index (χ3v) is 16.1. The van der Waals surface area contributed by atoms with Gasteiger partial charge in [0, 0.05) is 12.8 Å². The molecule has 0 aromatic carbocycles. The molecule has 11 nitrogen and oxygen atoms in total. The van der Waals surface area contributed by atoms with E-state index in [2.05, 4.69) is 67.8 Å². The van der Waals surface area contributed by atoms with E-state index < -0.39 is 49.5 Å². The van der Waals surface area contributed by atoms with Crippen LogP contribution in [0.5, 0.6) is 0 Å². The molecule has 0 saturated carbocycles. The number of carbonyl (C=O) groups excluding carboxylic acids is 2. The Morgan fingerprint density at radius 2 is 0.829 bits per heavy atom. The summed E-state index contributed by atoms with van der Waals surface area (Å²) in [4.78, 5) is 25.1. The number of aliphatic hydroxyl groups is 5.